The number of fused-ring (bicyclic) bond motifs is 1. The van der Waals surface area contributed by atoms with Crippen LogP contribution in [0.5, 0.6) is 0 Å². The number of benzene rings is 1. The summed E-state index contributed by atoms with van der Waals surface area (Å²) in [4.78, 5) is 28.6. The first kappa shape index (κ1) is 31.1. The molecule has 8 rings (SSSR count). The molecule has 45 heavy (non-hydrogen) atoms. The molecule has 1 aliphatic heterocycles. The molecule has 9 heteroatoms. The van der Waals surface area contributed by atoms with Crippen molar-refractivity contribution in [1.82, 2.24) is 4.90 Å². The molecule has 7 aliphatic rings. The Morgan fingerprint density at radius 1 is 0.978 bits per heavy atom. The Hall–Kier alpha value is -2.49. The number of piperidine rings is 1. The topological polar surface area (TPSA) is 104 Å². The van der Waals surface area contributed by atoms with E-state index in [9.17, 15) is 33.0 Å². The smallest absolute Gasteiger partial charge is 0.393 e. The van der Waals surface area contributed by atoms with Crippen molar-refractivity contribution in [2.75, 3.05) is 19.6 Å². The van der Waals surface area contributed by atoms with Gasteiger partial charge in [-0.25, -0.2) is 0 Å². The van der Waals surface area contributed by atoms with E-state index in [1.807, 2.05) is 6.08 Å². The normalized spacial score (nSPS) is 42.9. The van der Waals surface area contributed by atoms with Crippen molar-refractivity contribution in [1.29, 1.82) is 0 Å². The average Bonchev–Trinajstić information content (AvgIpc) is 3.26. The second-order valence-electron chi connectivity index (χ2n) is 15.7. The highest BCUT2D eigenvalue weighted by Crippen LogP contribution is 2.78. The number of likely N-dealkylation sites (tertiary alicyclic amines) is 1. The number of carbonyl (C=O) groups is 2. The Labute approximate surface area is 262 Å². The fraction of sp³-hybridized carbons (Fsp3) is 0.667. The van der Waals surface area contributed by atoms with E-state index in [1.54, 1.807) is 0 Å². The molecule has 0 radical (unpaired) electrons. The van der Waals surface area contributed by atoms with Gasteiger partial charge in [-0.3, -0.25) is 9.59 Å². The number of aliphatic hydroxyl groups excluding tert-OH is 1. The average molecular weight is 627 g/mol. The van der Waals surface area contributed by atoms with E-state index in [-0.39, 0.29) is 40.4 Å². The lowest BCUT2D eigenvalue weighted by Crippen LogP contribution is -2.67. The summed E-state index contributed by atoms with van der Waals surface area (Å²) in [6.45, 7) is 6.30. The quantitative estimate of drug-likeness (QED) is 0.289. The highest BCUT2D eigenvalue weighted by atomic mass is 19.4. The van der Waals surface area contributed by atoms with E-state index < -0.39 is 39.7 Å². The summed E-state index contributed by atoms with van der Waals surface area (Å²) in [5, 5.41) is 23.4. The first-order valence-electron chi connectivity index (χ1n) is 16.7. The minimum Gasteiger partial charge on any atom is -0.393 e. The van der Waals surface area contributed by atoms with Crippen LogP contribution in [0.25, 0.3) is 0 Å². The van der Waals surface area contributed by atoms with E-state index in [2.05, 4.69) is 30.9 Å². The summed E-state index contributed by atoms with van der Waals surface area (Å²) >= 11 is 0. The second kappa shape index (κ2) is 10.0. The molecule has 1 heterocycles. The van der Waals surface area contributed by atoms with Crippen LogP contribution in [0.1, 0.15) is 87.6 Å². The molecule has 2 bridgehead atoms. The number of rotatable bonds is 5. The number of nitrogens with two attached hydrogens (primary N) is 1. The number of aliphatic hydroxyl groups is 2. The lowest BCUT2D eigenvalue weighted by molar-refractivity contribution is -0.177. The van der Waals surface area contributed by atoms with Gasteiger partial charge >= 0.3 is 6.18 Å². The third-order valence-corrected chi connectivity index (χ3v) is 13.9. The van der Waals surface area contributed by atoms with Gasteiger partial charge in [0.1, 0.15) is 0 Å². The summed E-state index contributed by atoms with van der Waals surface area (Å²) in [6, 6.07) is 4.74. The van der Waals surface area contributed by atoms with Gasteiger partial charge in [0.25, 0.3) is 0 Å². The van der Waals surface area contributed by atoms with Gasteiger partial charge in [-0.15, -0.1) is 0 Å². The number of primary amides is 1. The van der Waals surface area contributed by atoms with Crippen LogP contribution in [0, 0.1) is 39.4 Å². The predicted molar refractivity (Wildman–Crippen MR) is 163 cm³/mol. The summed E-state index contributed by atoms with van der Waals surface area (Å²) in [5.74, 6) is -0.828. The maximum Gasteiger partial charge on any atom is 0.416 e. The van der Waals surface area contributed by atoms with Crippen LogP contribution in [0.4, 0.5) is 13.2 Å². The molecule has 3 saturated carbocycles. The summed E-state index contributed by atoms with van der Waals surface area (Å²) in [6.07, 6.45) is 7.47. The third kappa shape index (κ3) is 4.25. The molecule has 6 nitrogen and oxygen atoms in total. The number of alkyl halides is 3. The van der Waals surface area contributed by atoms with Gasteiger partial charge in [-0.2, -0.15) is 13.2 Å². The van der Waals surface area contributed by atoms with Gasteiger partial charge in [0.2, 0.25) is 5.91 Å². The molecular weight excluding hydrogens is 581 g/mol. The second-order valence-corrected chi connectivity index (χ2v) is 15.7. The minimum absolute atomic E-state index is 0.0254. The maximum absolute atomic E-state index is 14.6. The van der Waals surface area contributed by atoms with Crippen molar-refractivity contribution < 1.29 is 33.0 Å². The van der Waals surface area contributed by atoms with Crippen LogP contribution >= 0.6 is 0 Å². The van der Waals surface area contributed by atoms with Crippen molar-refractivity contribution in [3.05, 3.63) is 59.2 Å². The fourth-order valence-electron chi connectivity index (χ4n) is 11.3. The van der Waals surface area contributed by atoms with Gasteiger partial charge in [-0.05, 0) is 100 Å². The number of halogens is 3. The van der Waals surface area contributed by atoms with Crippen LogP contribution in [-0.2, 0) is 11.0 Å². The van der Waals surface area contributed by atoms with Crippen molar-refractivity contribution in [3.63, 3.8) is 0 Å². The van der Waals surface area contributed by atoms with E-state index in [0.29, 0.717) is 63.7 Å². The number of allylic oxidation sites excluding steroid dienone is 4. The molecule has 4 N–H and O–H groups in total. The maximum atomic E-state index is 14.6. The molecule has 1 aromatic carbocycles. The number of nitrogens with zero attached hydrogens (tertiary/aromatic N) is 1. The van der Waals surface area contributed by atoms with E-state index >= 15 is 0 Å². The zero-order valence-electron chi connectivity index (χ0n) is 26.2. The lowest BCUT2D eigenvalue weighted by atomic mass is 9.32. The molecule has 0 aromatic heterocycles. The number of carbonyl (C=O) groups excluding carboxylic acids is 2. The van der Waals surface area contributed by atoms with Crippen molar-refractivity contribution in [2.24, 2.45) is 45.1 Å². The first-order chi connectivity index (χ1) is 21.1. The standard InChI is InChI=1S/C36H45F3N2O4/c1-31-11-6-25(42)19-33(31)14-15-35(26(20-33)29(43)23-4-3-5-24(18-23)36(37,38)39)27(31)7-12-32(2)28(35)8-13-34(32,45)21-41-16-9-22(10-17-41)30(40)44/h3-5,14-15,18,20,22,25,27-28,42,45H,6-13,16-17,19,21H2,1-2H3,(H2,40,44)/t25?,27-,28-,31-,32+,33+,34-,35-/m1/s1. The van der Waals surface area contributed by atoms with Crippen LogP contribution in [0.15, 0.2) is 48.1 Å². The molecule has 244 valence electrons. The fourth-order valence-corrected chi connectivity index (χ4v) is 11.3. The highest BCUT2D eigenvalue weighted by molar-refractivity contribution is 6.10. The Balaban J connectivity index is 1.30. The Morgan fingerprint density at radius 2 is 1.64 bits per heavy atom. The SMILES string of the molecule is C[C@]12CC[C@H]3[C@]4(C=C[C@@]5(C=C4C(=O)c4cccc(C(F)(F)F)c4)CC(O)CC[C@]35C)[C@@H]1CC[C@@]2(O)CN1CCC(C(N)=O)CC1. The van der Waals surface area contributed by atoms with Crippen molar-refractivity contribution in [2.45, 2.75) is 89.5 Å². The molecule has 4 fully saturated rings. The van der Waals surface area contributed by atoms with Gasteiger partial charge in [0.05, 0.1) is 17.3 Å². The molecule has 2 spiro atoms. The number of ketones is 1. The highest BCUT2D eigenvalue weighted by Gasteiger charge is 2.74. The first-order valence-corrected chi connectivity index (χ1v) is 16.7. The minimum atomic E-state index is -4.57. The van der Waals surface area contributed by atoms with Crippen LogP contribution in [-0.4, -0.2) is 58.1 Å². The number of amides is 1. The van der Waals surface area contributed by atoms with Crippen LogP contribution in [0.2, 0.25) is 0 Å². The zero-order valence-corrected chi connectivity index (χ0v) is 26.2. The monoisotopic (exact) mass is 626 g/mol. The predicted octanol–water partition coefficient (Wildman–Crippen LogP) is 5.68. The summed E-state index contributed by atoms with van der Waals surface area (Å²) in [5.41, 5.74) is 2.21. The summed E-state index contributed by atoms with van der Waals surface area (Å²) < 4.78 is 41.3. The molecule has 1 aromatic rings. The number of β-amino-alcohol motifs (C(OH)–C–C–N with tert-alkyl or cyclic N) is 1. The molecule has 8 atom stereocenters. The molecular formula is C36H45F3N2O4. The zero-order chi connectivity index (χ0) is 32.2. The Kier molecular flexibility index (Phi) is 6.92. The largest absolute Gasteiger partial charge is 0.416 e. The van der Waals surface area contributed by atoms with Gasteiger partial charge in [0, 0.05) is 39.8 Å². The number of hydrogen-bond donors (Lipinski definition) is 3. The molecule has 1 unspecified atom stereocenters. The van der Waals surface area contributed by atoms with Crippen LogP contribution < -0.4 is 5.73 Å². The van der Waals surface area contributed by atoms with Crippen LogP contribution in [0.3, 0.4) is 0 Å². The van der Waals surface area contributed by atoms with Crippen molar-refractivity contribution in [3.8, 4) is 0 Å². The van der Waals surface area contributed by atoms with E-state index in [1.165, 1.54) is 12.1 Å². The number of hydrogen-bond acceptors (Lipinski definition) is 5. The van der Waals surface area contributed by atoms with Crippen molar-refractivity contribution >= 4 is 11.7 Å². The number of Topliss-reactive ketones (excluding diaryl/α,β-unsaturated/α-hetero) is 1. The van der Waals surface area contributed by atoms with Gasteiger partial charge < -0.3 is 20.8 Å². The Bertz CT molecular complexity index is 1480. The van der Waals surface area contributed by atoms with E-state index in [0.717, 1.165) is 31.4 Å². The summed E-state index contributed by atoms with van der Waals surface area (Å²) in [7, 11) is 0. The third-order valence-electron chi connectivity index (χ3n) is 13.9. The lowest BCUT2D eigenvalue weighted by Gasteiger charge is -2.71. The Morgan fingerprint density at radius 3 is 2.33 bits per heavy atom. The van der Waals surface area contributed by atoms with Gasteiger partial charge in [0.15, 0.2) is 5.78 Å². The van der Waals surface area contributed by atoms with Gasteiger partial charge in [-0.1, -0.05) is 44.2 Å². The molecule has 1 saturated heterocycles. The van der Waals surface area contributed by atoms with E-state index in [4.69, 9.17) is 5.73 Å². The molecule has 6 aliphatic carbocycles. The molecule has 1 amide bonds.